The van der Waals surface area contributed by atoms with Gasteiger partial charge in [-0.25, -0.2) is 9.18 Å². The highest BCUT2D eigenvalue weighted by atomic mass is 19.1. The van der Waals surface area contributed by atoms with Crippen LogP contribution in [0.3, 0.4) is 0 Å². The lowest BCUT2D eigenvalue weighted by Crippen LogP contribution is -1.99. The van der Waals surface area contributed by atoms with Crippen LogP contribution in [0.15, 0.2) is 18.2 Å². The molecule has 0 fully saturated rings. The minimum absolute atomic E-state index is 0.108. The number of hydrogen-bond donors (Lipinski definition) is 1. The molecule has 0 saturated carbocycles. The van der Waals surface area contributed by atoms with Crippen molar-refractivity contribution in [3.63, 3.8) is 0 Å². The van der Waals surface area contributed by atoms with Crippen molar-refractivity contribution in [1.82, 2.24) is 0 Å². The van der Waals surface area contributed by atoms with Crippen LogP contribution in [0.5, 0.6) is 5.75 Å². The maximum atomic E-state index is 12.8. The van der Waals surface area contributed by atoms with Crippen LogP contribution < -0.4 is 4.74 Å². The lowest BCUT2D eigenvalue weighted by atomic mass is 10.2. The van der Waals surface area contributed by atoms with Gasteiger partial charge in [0.15, 0.2) is 0 Å². The molecule has 0 aliphatic carbocycles. The van der Waals surface area contributed by atoms with E-state index in [0.29, 0.717) is 6.61 Å². The summed E-state index contributed by atoms with van der Waals surface area (Å²) in [5.41, 5.74) is -0.108. The second-order valence-electron chi connectivity index (χ2n) is 2.41. The van der Waals surface area contributed by atoms with Crippen LogP contribution in [0, 0.1) is 5.82 Å². The second kappa shape index (κ2) is 3.89. The zero-order valence-electron chi connectivity index (χ0n) is 7.08. The lowest BCUT2D eigenvalue weighted by Gasteiger charge is -2.03. The maximum Gasteiger partial charge on any atom is 0.335 e. The van der Waals surface area contributed by atoms with Crippen LogP contribution in [-0.2, 0) is 0 Å². The summed E-state index contributed by atoms with van der Waals surface area (Å²) in [7, 11) is 0. The molecule has 0 amide bonds. The molecule has 0 radical (unpaired) electrons. The van der Waals surface area contributed by atoms with Gasteiger partial charge >= 0.3 is 5.97 Å². The summed E-state index contributed by atoms with van der Waals surface area (Å²) in [6.07, 6.45) is 0. The number of carboxylic acids is 1. The largest absolute Gasteiger partial charge is 0.494 e. The summed E-state index contributed by atoms with van der Waals surface area (Å²) < 4.78 is 17.7. The fraction of sp³-hybridized carbons (Fsp3) is 0.222. The standard InChI is InChI=1S/C9H9FO3/c1-2-13-8-4-6(9(11)12)3-7(10)5-8/h3-5H,2H2,1H3,(H,11,12). The molecule has 0 aliphatic rings. The molecule has 0 aromatic heterocycles. The van der Waals surface area contributed by atoms with E-state index >= 15 is 0 Å². The minimum atomic E-state index is -1.17. The number of rotatable bonds is 3. The molecular formula is C9H9FO3. The predicted molar refractivity (Wildman–Crippen MR) is 44.5 cm³/mol. The minimum Gasteiger partial charge on any atom is -0.494 e. The van der Waals surface area contributed by atoms with Gasteiger partial charge in [-0.2, -0.15) is 0 Å². The zero-order valence-corrected chi connectivity index (χ0v) is 7.08. The molecule has 3 nitrogen and oxygen atoms in total. The fourth-order valence-corrected chi connectivity index (χ4v) is 0.936. The Labute approximate surface area is 74.8 Å². The molecule has 0 bridgehead atoms. The summed E-state index contributed by atoms with van der Waals surface area (Å²) >= 11 is 0. The van der Waals surface area contributed by atoms with Gasteiger partial charge in [-0.05, 0) is 19.1 Å². The number of ether oxygens (including phenoxy) is 1. The molecule has 0 unspecified atom stereocenters. The Balaban J connectivity index is 3.03. The van der Waals surface area contributed by atoms with E-state index in [-0.39, 0.29) is 11.3 Å². The Morgan fingerprint density at radius 1 is 1.54 bits per heavy atom. The summed E-state index contributed by atoms with van der Waals surface area (Å²) in [5.74, 6) is -1.54. The zero-order chi connectivity index (χ0) is 9.84. The van der Waals surface area contributed by atoms with Gasteiger partial charge in [0.05, 0.1) is 12.2 Å². The summed E-state index contributed by atoms with van der Waals surface area (Å²) in [6, 6.07) is 3.38. The van der Waals surface area contributed by atoms with Gasteiger partial charge in [0.2, 0.25) is 0 Å². The van der Waals surface area contributed by atoms with Gasteiger partial charge in [-0.15, -0.1) is 0 Å². The van der Waals surface area contributed by atoms with Gasteiger partial charge in [0.25, 0.3) is 0 Å². The molecule has 1 N–H and O–H groups in total. The molecule has 1 rings (SSSR count). The van der Waals surface area contributed by atoms with Crippen LogP contribution in [0.2, 0.25) is 0 Å². The summed E-state index contributed by atoms with van der Waals surface area (Å²) in [6.45, 7) is 2.12. The van der Waals surface area contributed by atoms with Crippen molar-refractivity contribution < 1.29 is 19.0 Å². The third-order valence-corrected chi connectivity index (χ3v) is 1.43. The highest BCUT2D eigenvalue weighted by molar-refractivity contribution is 5.88. The maximum absolute atomic E-state index is 12.8. The Morgan fingerprint density at radius 3 is 2.77 bits per heavy atom. The topological polar surface area (TPSA) is 46.5 Å². The number of benzene rings is 1. The van der Waals surface area contributed by atoms with Crippen LogP contribution in [0.25, 0.3) is 0 Å². The fourth-order valence-electron chi connectivity index (χ4n) is 0.936. The smallest absolute Gasteiger partial charge is 0.335 e. The average molecular weight is 184 g/mol. The first-order valence-corrected chi connectivity index (χ1v) is 3.80. The quantitative estimate of drug-likeness (QED) is 0.780. The second-order valence-corrected chi connectivity index (χ2v) is 2.41. The Bertz CT molecular complexity index is 323. The molecular weight excluding hydrogens is 175 g/mol. The molecule has 0 spiro atoms. The van der Waals surface area contributed by atoms with Gasteiger partial charge in [0.1, 0.15) is 11.6 Å². The Kier molecular flexibility index (Phi) is 2.84. The normalized spacial score (nSPS) is 9.69. The predicted octanol–water partition coefficient (Wildman–Crippen LogP) is 1.92. The molecule has 1 aromatic rings. The van der Waals surface area contributed by atoms with Gasteiger partial charge < -0.3 is 9.84 Å². The molecule has 0 atom stereocenters. The number of carbonyl (C=O) groups is 1. The first kappa shape index (κ1) is 9.51. The third kappa shape index (κ3) is 2.43. The van der Waals surface area contributed by atoms with Crippen molar-refractivity contribution in [3.8, 4) is 5.75 Å². The molecule has 70 valence electrons. The SMILES string of the molecule is CCOc1cc(F)cc(C(=O)O)c1. The van der Waals surface area contributed by atoms with Crippen molar-refractivity contribution >= 4 is 5.97 Å². The summed E-state index contributed by atoms with van der Waals surface area (Å²) in [4.78, 5) is 10.5. The van der Waals surface area contributed by atoms with Crippen LogP contribution in [-0.4, -0.2) is 17.7 Å². The van der Waals surface area contributed by atoms with E-state index in [1.54, 1.807) is 6.92 Å². The highest BCUT2D eigenvalue weighted by Crippen LogP contribution is 2.16. The van der Waals surface area contributed by atoms with E-state index in [9.17, 15) is 9.18 Å². The number of halogens is 1. The monoisotopic (exact) mass is 184 g/mol. The van der Waals surface area contributed by atoms with Crippen LogP contribution in [0.1, 0.15) is 17.3 Å². The number of aromatic carboxylic acids is 1. The van der Waals surface area contributed by atoms with Crippen molar-refractivity contribution in [1.29, 1.82) is 0 Å². The van der Waals surface area contributed by atoms with Gasteiger partial charge in [-0.3, -0.25) is 0 Å². The Morgan fingerprint density at radius 2 is 2.23 bits per heavy atom. The third-order valence-electron chi connectivity index (χ3n) is 1.43. The van der Waals surface area contributed by atoms with Crippen molar-refractivity contribution in [2.24, 2.45) is 0 Å². The van der Waals surface area contributed by atoms with E-state index in [1.165, 1.54) is 6.07 Å². The molecule has 1 aromatic carbocycles. The molecule has 4 heteroatoms. The average Bonchev–Trinajstić information content (AvgIpc) is 2.03. The lowest BCUT2D eigenvalue weighted by molar-refractivity contribution is 0.0695. The molecule has 13 heavy (non-hydrogen) atoms. The molecule has 0 saturated heterocycles. The highest BCUT2D eigenvalue weighted by Gasteiger charge is 2.06. The van der Waals surface area contributed by atoms with Crippen molar-refractivity contribution in [2.45, 2.75) is 6.92 Å². The number of hydrogen-bond acceptors (Lipinski definition) is 2. The van der Waals surface area contributed by atoms with Crippen LogP contribution in [0.4, 0.5) is 4.39 Å². The Hall–Kier alpha value is -1.58. The first-order valence-electron chi connectivity index (χ1n) is 3.80. The van der Waals surface area contributed by atoms with E-state index in [4.69, 9.17) is 9.84 Å². The van der Waals surface area contributed by atoms with Crippen molar-refractivity contribution in [2.75, 3.05) is 6.61 Å². The van der Waals surface area contributed by atoms with E-state index in [2.05, 4.69) is 0 Å². The van der Waals surface area contributed by atoms with Crippen LogP contribution >= 0.6 is 0 Å². The van der Waals surface area contributed by atoms with E-state index < -0.39 is 11.8 Å². The van der Waals surface area contributed by atoms with E-state index in [0.717, 1.165) is 12.1 Å². The summed E-state index contributed by atoms with van der Waals surface area (Å²) in [5, 5.41) is 8.58. The van der Waals surface area contributed by atoms with Gasteiger partial charge in [0, 0.05) is 6.07 Å². The number of carboxylic acid groups (broad SMARTS) is 1. The molecule has 0 aliphatic heterocycles. The van der Waals surface area contributed by atoms with Gasteiger partial charge in [-0.1, -0.05) is 0 Å². The van der Waals surface area contributed by atoms with E-state index in [1.807, 2.05) is 0 Å². The molecule has 0 heterocycles. The first-order chi connectivity index (χ1) is 6.13. The van der Waals surface area contributed by atoms with Crippen molar-refractivity contribution in [3.05, 3.63) is 29.6 Å².